The highest BCUT2D eigenvalue weighted by atomic mass is 16.5. The first kappa shape index (κ1) is 8.75. The van der Waals surface area contributed by atoms with Gasteiger partial charge >= 0.3 is 0 Å². The summed E-state index contributed by atoms with van der Waals surface area (Å²) >= 11 is 0. The van der Waals surface area contributed by atoms with E-state index in [1.54, 1.807) is 7.11 Å². The van der Waals surface area contributed by atoms with Crippen molar-refractivity contribution >= 4 is 0 Å². The zero-order valence-electron chi connectivity index (χ0n) is 7.63. The Labute approximate surface area is 68.8 Å². The van der Waals surface area contributed by atoms with Crippen molar-refractivity contribution in [2.45, 2.75) is 19.4 Å². The molecule has 0 bridgehead atoms. The lowest BCUT2D eigenvalue weighted by Crippen LogP contribution is -2.28. The lowest BCUT2D eigenvalue weighted by molar-refractivity contribution is 0.0788. The Morgan fingerprint density at radius 2 is 2.36 bits per heavy atom. The zero-order chi connectivity index (χ0) is 8.27. The molecular weight excluding hydrogens is 138 g/mol. The van der Waals surface area contributed by atoms with Gasteiger partial charge in [0.25, 0.3) is 0 Å². The van der Waals surface area contributed by atoms with Gasteiger partial charge in [0, 0.05) is 20.2 Å². The highest BCUT2D eigenvalue weighted by Gasteiger charge is 2.13. The first-order valence-corrected chi connectivity index (χ1v) is 4.09. The van der Waals surface area contributed by atoms with Crippen LogP contribution in [0.2, 0.25) is 0 Å². The van der Waals surface area contributed by atoms with Crippen LogP contribution in [0.3, 0.4) is 0 Å². The predicted molar refractivity (Wildman–Crippen MR) is 46.7 cm³/mol. The monoisotopic (exact) mass is 155 g/mol. The van der Waals surface area contributed by atoms with Crippen LogP contribution in [0.4, 0.5) is 0 Å². The maximum atomic E-state index is 5.33. The molecule has 0 saturated heterocycles. The molecule has 0 radical (unpaired) electrons. The number of rotatable bonds is 1. The average molecular weight is 155 g/mol. The van der Waals surface area contributed by atoms with Gasteiger partial charge in [-0.2, -0.15) is 0 Å². The van der Waals surface area contributed by atoms with E-state index in [0.29, 0.717) is 6.10 Å². The standard InChI is InChI=1S/C9H17NO/c1-8-4-5-10(2)7-9(6-8)11-3/h4,9H,5-7H2,1-3H3/t9-/m1/s1. The smallest absolute Gasteiger partial charge is 0.0735 e. The van der Waals surface area contributed by atoms with E-state index in [-0.39, 0.29) is 0 Å². The second kappa shape index (κ2) is 3.88. The van der Waals surface area contributed by atoms with Crippen molar-refractivity contribution in [1.82, 2.24) is 4.90 Å². The molecule has 0 saturated carbocycles. The van der Waals surface area contributed by atoms with Gasteiger partial charge in [0.05, 0.1) is 6.10 Å². The predicted octanol–water partition coefficient (Wildman–Crippen LogP) is 1.28. The van der Waals surface area contributed by atoms with Crippen LogP contribution in [0, 0.1) is 0 Å². The number of hydrogen-bond acceptors (Lipinski definition) is 2. The third-order valence-corrected chi connectivity index (χ3v) is 2.15. The number of ether oxygens (including phenoxy) is 1. The first-order valence-electron chi connectivity index (χ1n) is 4.09. The van der Waals surface area contributed by atoms with E-state index in [4.69, 9.17) is 4.74 Å². The molecule has 1 atom stereocenters. The largest absolute Gasteiger partial charge is 0.380 e. The molecular formula is C9H17NO. The van der Waals surface area contributed by atoms with Gasteiger partial charge in [-0.3, -0.25) is 0 Å². The molecule has 64 valence electrons. The Bertz CT molecular complexity index is 154. The minimum absolute atomic E-state index is 0.388. The van der Waals surface area contributed by atoms with E-state index in [0.717, 1.165) is 19.5 Å². The van der Waals surface area contributed by atoms with Gasteiger partial charge < -0.3 is 9.64 Å². The summed E-state index contributed by atoms with van der Waals surface area (Å²) in [5.41, 5.74) is 1.45. The molecule has 0 amide bonds. The third kappa shape index (κ3) is 2.64. The molecule has 0 aromatic carbocycles. The molecule has 0 spiro atoms. The SMILES string of the molecule is CO[C@@H]1CC(C)=CCN(C)C1. The van der Waals surface area contributed by atoms with Gasteiger partial charge in [0.2, 0.25) is 0 Å². The summed E-state index contributed by atoms with van der Waals surface area (Å²) in [5.74, 6) is 0. The van der Waals surface area contributed by atoms with Gasteiger partial charge in [-0.05, 0) is 20.4 Å². The molecule has 1 aliphatic heterocycles. The molecule has 11 heavy (non-hydrogen) atoms. The minimum Gasteiger partial charge on any atom is -0.380 e. The van der Waals surface area contributed by atoms with Crippen LogP contribution in [0.15, 0.2) is 11.6 Å². The fraction of sp³-hybridized carbons (Fsp3) is 0.778. The number of methoxy groups -OCH3 is 1. The Morgan fingerprint density at radius 3 is 3.00 bits per heavy atom. The molecule has 1 heterocycles. The summed E-state index contributed by atoms with van der Waals surface area (Å²) in [5, 5.41) is 0. The van der Waals surface area contributed by atoms with Gasteiger partial charge in [-0.1, -0.05) is 11.6 Å². The Kier molecular flexibility index (Phi) is 3.09. The number of likely N-dealkylation sites (N-methyl/N-ethyl adjacent to an activating group) is 1. The molecule has 0 aliphatic carbocycles. The molecule has 0 N–H and O–H groups in total. The Morgan fingerprint density at radius 1 is 1.64 bits per heavy atom. The van der Waals surface area contributed by atoms with Crippen molar-refractivity contribution < 1.29 is 4.74 Å². The molecule has 2 heteroatoms. The lowest BCUT2D eigenvalue weighted by atomic mass is 10.1. The van der Waals surface area contributed by atoms with Crippen molar-refractivity contribution in [3.05, 3.63) is 11.6 Å². The summed E-state index contributed by atoms with van der Waals surface area (Å²) in [6, 6.07) is 0. The van der Waals surface area contributed by atoms with Crippen LogP contribution in [0.5, 0.6) is 0 Å². The summed E-state index contributed by atoms with van der Waals surface area (Å²) < 4.78 is 5.33. The Hall–Kier alpha value is -0.340. The zero-order valence-corrected chi connectivity index (χ0v) is 7.63. The summed E-state index contributed by atoms with van der Waals surface area (Å²) in [6.45, 7) is 4.28. The Balaban J connectivity index is 2.53. The van der Waals surface area contributed by atoms with Crippen molar-refractivity contribution in [3.8, 4) is 0 Å². The molecule has 0 aromatic heterocycles. The molecule has 0 unspecified atom stereocenters. The first-order chi connectivity index (χ1) is 5.22. The normalized spacial score (nSPS) is 27.9. The summed E-state index contributed by atoms with van der Waals surface area (Å²) in [7, 11) is 3.91. The fourth-order valence-corrected chi connectivity index (χ4v) is 1.40. The van der Waals surface area contributed by atoms with Crippen LogP contribution in [-0.4, -0.2) is 38.3 Å². The maximum Gasteiger partial charge on any atom is 0.0735 e. The van der Waals surface area contributed by atoms with E-state index in [1.165, 1.54) is 5.57 Å². The van der Waals surface area contributed by atoms with Crippen LogP contribution < -0.4 is 0 Å². The van der Waals surface area contributed by atoms with E-state index < -0.39 is 0 Å². The van der Waals surface area contributed by atoms with Crippen molar-refractivity contribution in [2.75, 3.05) is 27.2 Å². The van der Waals surface area contributed by atoms with Crippen LogP contribution >= 0.6 is 0 Å². The second-order valence-electron chi connectivity index (χ2n) is 3.33. The summed E-state index contributed by atoms with van der Waals surface area (Å²) in [6.07, 6.45) is 3.75. The lowest BCUT2D eigenvalue weighted by Gasteiger charge is -2.18. The maximum absolute atomic E-state index is 5.33. The summed E-state index contributed by atoms with van der Waals surface area (Å²) in [4.78, 5) is 2.28. The molecule has 0 aromatic rings. The molecule has 1 aliphatic rings. The van der Waals surface area contributed by atoms with Gasteiger partial charge in [-0.25, -0.2) is 0 Å². The quantitative estimate of drug-likeness (QED) is 0.529. The van der Waals surface area contributed by atoms with Crippen LogP contribution in [-0.2, 0) is 4.74 Å². The van der Waals surface area contributed by atoms with E-state index in [2.05, 4.69) is 24.9 Å². The second-order valence-corrected chi connectivity index (χ2v) is 3.33. The highest BCUT2D eigenvalue weighted by molar-refractivity contribution is 5.03. The number of nitrogens with zero attached hydrogens (tertiary/aromatic N) is 1. The van der Waals surface area contributed by atoms with Gasteiger partial charge in [-0.15, -0.1) is 0 Å². The third-order valence-electron chi connectivity index (χ3n) is 2.15. The molecule has 2 nitrogen and oxygen atoms in total. The fourth-order valence-electron chi connectivity index (χ4n) is 1.40. The highest BCUT2D eigenvalue weighted by Crippen LogP contribution is 2.12. The average Bonchev–Trinajstić information content (AvgIpc) is 2.13. The molecule has 1 rings (SSSR count). The van der Waals surface area contributed by atoms with Crippen LogP contribution in [0.25, 0.3) is 0 Å². The van der Waals surface area contributed by atoms with E-state index >= 15 is 0 Å². The van der Waals surface area contributed by atoms with Gasteiger partial charge in [0.1, 0.15) is 0 Å². The van der Waals surface area contributed by atoms with Crippen molar-refractivity contribution in [3.63, 3.8) is 0 Å². The van der Waals surface area contributed by atoms with Crippen molar-refractivity contribution in [1.29, 1.82) is 0 Å². The van der Waals surface area contributed by atoms with Crippen LogP contribution in [0.1, 0.15) is 13.3 Å². The number of hydrogen-bond donors (Lipinski definition) is 0. The molecule has 0 fully saturated rings. The van der Waals surface area contributed by atoms with Crippen molar-refractivity contribution in [2.24, 2.45) is 0 Å². The minimum atomic E-state index is 0.388. The van der Waals surface area contributed by atoms with Gasteiger partial charge in [0.15, 0.2) is 0 Å². The topological polar surface area (TPSA) is 12.5 Å². The van der Waals surface area contributed by atoms with E-state index in [1.807, 2.05) is 0 Å². The van der Waals surface area contributed by atoms with E-state index in [9.17, 15) is 0 Å².